The molecule has 1 saturated heterocycles. The van der Waals surface area contributed by atoms with Crippen LogP contribution in [-0.4, -0.2) is 36.4 Å². The third kappa shape index (κ3) is 2.89. The number of benzene rings is 1. The topological polar surface area (TPSA) is 17.1 Å². The smallest absolute Gasteiger partial charge is 0.193 e. The molecule has 1 aromatic carbocycles. The maximum atomic E-state index is 12.6. The Labute approximate surface area is 117 Å². The van der Waals surface area contributed by atoms with E-state index in [-0.39, 0.29) is 6.04 Å². The summed E-state index contributed by atoms with van der Waals surface area (Å²) >= 11 is 0. The van der Waals surface area contributed by atoms with Gasteiger partial charge in [0.2, 0.25) is 0 Å². The average Bonchev–Trinajstić information content (AvgIpc) is 2.81. The number of Topliss-reactive ketones (excluding diaryl/α,β-unsaturated/α-hetero) is 1. The summed E-state index contributed by atoms with van der Waals surface area (Å²) in [6.45, 7) is 8.62. The first-order valence-electron chi connectivity index (χ1n) is 7.36. The molecule has 2 heteroatoms. The van der Waals surface area contributed by atoms with Crippen LogP contribution >= 0.6 is 0 Å². The Balaban J connectivity index is 2.13. The largest absolute Gasteiger partial charge is 0.318 e. The van der Waals surface area contributed by atoms with Gasteiger partial charge in [0.05, 0.1) is 20.1 Å². The number of aryl methyl sites for hydroxylation is 2. The lowest BCUT2D eigenvalue weighted by molar-refractivity contribution is -0.911. The molecule has 2 nitrogen and oxygen atoms in total. The standard InChI is InChI=1S/C17H26NO/c1-13-8-7-9-14(2)16(13)12-17(19)15(3)18(4)10-5-6-11-18/h7-9,15H,5-6,10-12H2,1-4H3/q+1. The zero-order valence-corrected chi connectivity index (χ0v) is 12.7. The molecule has 104 valence electrons. The number of quaternary nitrogens is 1. The predicted molar refractivity (Wildman–Crippen MR) is 79.2 cm³/mol. The minimum absolute atomic E-state index is 0.126. The Morgan fingerprint density at radius 1 is 1.21 bits per heavy atom. The van der Waals surface area contributed by atoms with Crippen molar-refractivity contribution < 1.29 is 9.28 Å². The molecule has 0 aliphatic carbocycles. The van der Waals surface area contributed by atoms with Crippen molar-refractivity contribution in [2.45, 2.75) is 46.1 Å². The number of carbonyl (C=O) groups is 1. The van der Waals surface area contributed by atoms with Gasteiger partial charge in [-0.05, 0) is 37.5 Å². The van der Waals surface area contributed by atoms with Crippen LogP contribution in [-0.2, 0) is 11.2 Å². The van der Waals surface area contributed by atoms with Gasteiger partial charge < -0.3 is 4.48 Å². The molecule has 0 aromatic heterocycles. The Hall–Kier alpha value is -1.15. The van der Waals surface area contributed by atoms with E-state index in [1.54, 1.807) is 0 Å². The second kappa shape index (κ2) is 5.46. The van der Waals surface area contributed by atoms with E-state index in [2.05, 4.69) is 46.0 Å². The summed E-state index contributed by atoms with van der Waals surface area (Å²) in [5.41, 5.74) is 3.71. The molecule has 0 saturated carbocycles. The molecule has 1 unspecified atom stereocenters. The van der Waals surface area contributed by atoms with Gasteiger partial charge in [-0.25, -0.2) is 0 Å². The Bertz CT molecular complexity index is 452. The molecular weight excluding hydrogens is 234 g/mol. The molecule has 1 atom stereocenters. The molecule has 0 spiro atoms. The monoisotopic (exact) mass is 260 g/mol. The van der Waals surface area contributed by atoms with E-state index >= 15 is 0 Å². The summed E-state index contributed by atoms with van der Waals surface area (Å²) in [6, 6.07) is 6.40. The molecule has 0 radical (unpaired) electrons. The first-order valence-corrected chi connectivity index (χ1v) is 7.36. The molecule has 2 rings (SSSR count). The fraction of sp³-hybridized carbons (Fsp3) is 0.588. The van der Waals surface area contributed by atoms with Gasteiger partial charge in [-0.3, -0.25) is 4.79 Å². The summed E-state index contributed by atoms with van der Waals surface area (Å²) in [5, 5.41) is 0. The zero-order chi connectivity index (χ0) is 14.0. The molecule has 1 aliphatic heterocycles. The summed E-state index contributed by atoms with van der Waals surface area (Å²) in [6.07, 6.45) is 3.11. The van der Waals surface area contributed by atoms with Gasteiger partial charge in [0, 0.05) is 19.3 Å². The van der Waals surface area contributed by atoms with Crippen LogP contribution in [0.4, 0.5) is 0 Å². The number of nitrogens with zero attached hydrogens (tertiary/aromatic N) is 1. The van der Waals surface area contributed by atoms with Crippen LogP contribution in [0.3, 0.4) is 0 Å². The summed E-state index contributed by atoms with van der Waals surface area (Å²) in [7, 11) is 2.24. The zero-order valence-electron chi connectivity index (χ0n) is 12.7. The molecule has 1 fully saturated rings. The number of carbonyl (C=O) groups excluding carboxylic acids is 1. The molecule has 0 N–H and O–H groups in total. The highest BCUT2D eigenvalue weighted by molar-refractivity contribution is 5.85. The highest BCUT2D eigenvalue weighted by Crippen LogP contribution is 2.23. The van der Waals surface area contributed by atoms with Crippen molar-refractivity contribution in [1.82, 2.24) is 0 Å². The second-order valence-electron chi connectivity index (χ2n) is 6.32. The van der Waals surface area contributed by atoms with Gasteiger partial charge in [-0.15, -0.1) is 0 Å². The normalized spacial score (nSPS) is 19.4. The van der Waals surface area contributed by atoms with Crippen LogP contribution in [0.5, 0.6) is 0 Å². The van der Waals surface area contributed by atoms with Crippen LogP contribution in [0.2, 0.25) is 0 Å². The van der Waals surface area contributed by atoms with E-state index in [4.69, 9.17) is 0 Å². The average molecular weight is 260 g/mol. The summed E-state index contributed by atoms with van der Waals surface area (Å²) in [4.78, 5) is 12.6. The molecule has 0 bridgehead atoms. The lowest BCUT2D eigenvalue weighted by atomic mass is 9.95. The van der Waals surface area contributed by atoms with Gasteiger partial charge in [0.15, 0.2) is 5.78 Å². The number of ketones is 1. The number of rotatable bonds is 4. The number of likely N-dealkylation sites (tertiary alicyclic amines) is 1. The van der Waals surface area contributed by atoms with Crippen molar-refractivity contribution in [2.24, 2.45) is 0 Å². The van der Waals surface area contributed by atoms with Crippen molar-refractivity contribution in [3.05, 3.63) is 34.9 Å². The first kappa shape index (κ1) is 14.3. The van der Waals surface area contributed by atoms with E-state index in [1.165, 1.54) is 29.5 Å². The molecular formula is C17H26NO+. The van der Waals surface area contributed by atoms with Gasteiger partial charge in [-0.2, -0.15) is 0 Å². The van der Waals surface area contributed by atoms with Gasteiger partial charge in [-0.1, -0.05) is 18.2 Å². The van der Waals surface area contributed by atoms with Gasteiger partial charge in [0.1, 0.15) is 6.04 Å². The fourth-order valence-electron chi connectivity index (χ4n) is 3.24. The lowest BCUT2D eigenvalue weighted by Crippen LogP contribution is -2.52. The summed E-state index contributed by atoms with van der Waals surface area (Å²) in [5.74, 6) is 0.391. The Morgan fingerprint density at radius 3 is 2.26 bits per heavy atom. The molecule has 1 heterocycles. The Kier molecular flexibility index (Phi) is 4.10. The molecule has 19 heavy (non-hydrogen) atoms. The molecule has 1 aromatic rings. The maximum Gasteiger partial charge on any atom is 0.193 e. The highest BCUT2D eigenvalue weighted by atomic mass is 16.1. The van der Waals surface area contributed by atoms with E-state index in [0.29, 0.717) is 12.2 Å². The van der Waals surface area contributed by atoms with E-state index in [9.17, 15) is 4.79 Å². The first-order chi connectivity index (χ1) is 8.94. The van der Waals surface area contributed by atoms with E-state index in [1.807, 2.05) is 0 Å². The third-order valence-corrected chi connectivity index (χ3v) is 4.98. The SMILES string of the molecule is Cc1cccc(C)c1CC(=O)C(C)[N+]1(C)CCCC1. The molecule has 0 amide bonds. The van der Waals surface area contributed by atoms with E-state index in [0.717, 1.165) is 17.6 Å². The fourth-order valence-corrected chi connectivity index (χ4v) is 3.24. The predicted octanol–water partition coefficient (Wildman–Crippen LogP) is 3.04. The van der Waals surface area contributed by atoms with Gasteiger partial charge in [0.25, 0.3) is 0 Å². The number of likely N-dealkylation sites (N-methyl/N-ethyl adjacent to an activating group) is 1. The van der Waals surface area contributed by atoms with Crippen molar-refractivity contribution in [3.8, 4) is 0 Å². The van der Waals surface area contributed by atoms with Crippen LogP contribution < -0.4 is 0 Å². The molecule has 1 aliphatic rings. The number of hydrogen-bond acceptors (Lipinski definition) is 1. The third-order valence-electron chi connectivity index (χ3n) is 4.98. The van der Waals surface area contributed by atoms with Crippen molar-refractivity contribution >= 4 is 5.78 Å². The van der Waals surface area contributed by atoms with Crippen LogP contribution in [0, 0.1) is 13.8 Å². The maximum absolute atomic E-state index is 12.6. The van der Waals surface area contributed by atoms with E-state index < -0.39 is 0 Å². The highest BCUT2D eigenvalue weighted by Gasteiger charge is 2.37. The minimum atomic E-state index is 0.126. The van der Waals surface area contributed by atoms with Crippen LogP contribution in [0.25, 0.3) is 0 Å². The Morgan fingerprint density at radius 2 is 1.74 bits per heavy atom. The second-order valence-corrected chi connectivity index (χ2v) is 6.32. The number of hydrogen-bond donors (Lipinski definition) is 0. The van der Waals surface area contributed by atoms with Gasteiger partial charge >= 0.3 is 0 Å². The van der Waals surface area contributed by atoms with Crippen molar-refractivity contribution in [2.75, 3.05) is 20.1 Å². The van der Waals surface area contributed by atoms with Crippen molar-refractivity contribution in [3.63, 3.8) is 0 Å². The summed E-state index contributed by atoms with van der Waals surface area (Å²) < 4.78 is 0.934. The minimum Gasteiger partial charge on any atom is -0.318 e. The lowest BCUT2D eigenvalue weighted by Gasteiger charge is -2.35. The van der Waals surface area contributed by atoms with Crippen LogP contribution in [0.15, 0.2) is 18.2 Å². The van der Waals surface area contributed by atoms with Crippen LogP contribution in [0.1, 0.15) is 36.5 Å². The van der Waals surface area contributed by atoms with Crippen molar-refractivity contribution in [1.29, 1.82) is 0 Å². The quantitative estimate of drug-likeness (QED) is 0.761.